The van der Waals surface area contributed by atoms with Gasteiger partial charge in [-0.3, -0.25) is 9.59 Å². The summed E-state index contributed by atoms with van der Waals surface area (Å²) >= 11 is 0. The van der Waals surface area contributed by atoms with Crippen molar-refractivity contribution >= 4 is 23.4 Å². The number of fused-ring (bicyclic) bond motifs is 1. The normalized spacial score (nSPS) is 23.7. The van der Waals surface area contributed by atoms with E-state index in [9.17, 15) is 14.7 Å². The van der Waals surface area contributed by atoms with E-state index >= 15 is 4.39 Å². The lowest BCUT2D eigenvalue weighted by molar-refractivity contribution is -0.143. The zero-order chi connectivity index (χ0) is 23.9. The van der Waals surface area contributed by atoms with Crippen LogP contribution in [0.1, 0.15) is 67.1 Å². The van der Waals surface area contributed by atoms with Crippen LogP contribution in [-0.2, 0) is 11.2 Å². The van der Waals surface area contributed by atoms with E-state index in [4.69, 9.17) is 10.5 Å². The van der Waals surface area contributed by atoms with Gasteiger partial charge in [0.15, 0.2) is 0 Å². The van der Waals surface area contributed by atoms with Gasteiger partial charge in [-0.05, 0) is 62.1 Å². The summed E-state index contributed by atoms with van der Waals surface area (Å²) in [6.07, 6.45) is 3.47. The molecular weight excluding hydrogens is 427 g/mol. The number of anilines is 2. The van der Waals surface area contributed by atoms with E-state index < -0.39 is 5.97 Å². The van der Waals surface area contributed by atoms with Gasteiger partial charge in [-0.1, -0.05) is 13.0 Å². The Kier molecular flexibility index (Phi) is 6.23. The fraction of sp³-hybridized carbons (Fsp3) is 0.500. The van der Waals surface area contributed by atoms with Gasteiger partial charge in [0.05, 0.1) is 18.7 Å². The molecule has 8 nitrogen and oxygen atoms in total. The Morgan fingerprint density at radius 1 is 1.27 bits per heavy atom. The average Bonchev–Trinajstić information content (AvgIpc) is 2.78. The van der Waals surface area contributed by atoms with Crippen LogP contribution in [0.2, 0.25) is 0 Å². The van der Waals surface area contributed by atoms with Gasteiger partial charge in [0, 0.05) is 18.2 Å². The lowest BCUT2D eigenvalue weighted by Crippen LogP contribution is -2.45. The number of carbonyl (C=O) groups excluding carboxylic acids is 1. The number of methoxy groups -OCH3 is 1. The molecule has 0 saturated heterocycles. The number of hydrogen-bond donors (Lipinski definition) is 2. The maximum absolute atomic E-state index is 15.2. The van der Waals surface area contributed by atoms with Gasteiger partial charge in [-0.2, -0.15) is 9.97 Å². The fourth-order valence-corrected chi connectivity index (χ4v) is 5.17. The summed E-state index contributed by atoms with van der Waals surface area (Å²) in [5, 5.41) is 9.25. The number of amides is 1. The van der Waals surface area contributed by atoms with Crippen LogP contribution in [0.25, 0.3) is 0 Å². The molecule has 3 N–H and O–H groups in total. The molecule has 1 fully saturated rings. The minimum Gasteiger partial charge on any atom is -0.481 e. The summed E-state index contributed by atoms with van der Waals surface area (Å²) in [7, 11) is 1.44. The van der Waals surface area contributed by atoms with Gasteiger partial charge < -0.3 is 20.5 Å². The average molecular weight is 457 g/mol. The SMILES string of the molecule is COc1nc(N)c2c(n1)CC(C)N(c1ccc([C@H]3CC[C@H](C(C)C(=O)O)CC3)c(F)c1)C2=O. The van der Waals surface area contributed by atoms with Crippen molar-refractivity contribution in [3.05, 3.63) is 40.8 Å². The Bertz CT molecular complexity index is 1080. The Hall–Kier alpha value is -3.23. The zero-order valence-electron chi connectivity index (χ0n) is 19.0. The van der Waals surface area contributed by atoms with Gasteiger partial charge in [0.25, 0.3) is 5.91 Å². The number of rotatable bonds is 5. The first-order chi connectivity index (χ1) is 15.7. The molecular formula is C24H29FN4O4. The molecule has 1 aliphatic heterocycles. The highest BCUT2D eigenvalue weighted by atomic mass is 19.1. The molecule has 1 aliphatic carbocycles. The highest BCUT2D eigenvalue weighted by Crippen LogP contribution is 2.41. The lowest BCUT2D eigenvalue weighted by atomic mass is 9.74. The van der Waals surface area contributed by atoms with Crippen LogP contribution in [0.4, 0.5) is 15.9 Å². The Morgan fingerprint density at radius 3 is 2.58 bits per heavy atom. The van der Waals surface area contributed by atoms with Crippen molar-refractivity contribution in [1.82, 2.24) is 9.97 Å². The number of hydrogen-bond acceptors (Lipinski definition) is 6. The number of carbonyl (C=O) groups is 2. The summed E-state index contributed by atoms with van der Waals surface area (Å²) in [5.41, 5.74) is 7.84. The van der Waals surface area contributed by atoms with E-state index in [2.05, 4.69) is 9.97 Å². The summed E-state index contributed by atoms with van der Waals surface area (Å²) in [6.45, 7) is 3.62. The molecule has 1 aromatic carbocycles. The quantitative estimate of drug-likeness (QED) is 0.702. The van der Waals surface area contributed by atoms with Gasteiger partial charge in [0.1, 0.15) is 17.2 Å². The largest absolute Gasteiger partial charge is 0.481 e. The first-order valence-electron chi connectivity index (χ1n) is 11.3. The molecule has 4 rings (SSSR count). The molecule has 0 bridgehead atoms. The van der Waals surface area contributed by atoms with Crippen LogP contribution in [0, 0.1) is 17.7 Å². The molecule has 2 heterocycles. The first kappa shape index (κ1) is 22.9. The molecule has 1 aromatic heterocycles. The molecule has 9 heteroatoms. The van der Waals surface area contributed by atoms with E-state index in [1.165, 1.54) is 18.1 Å². The van der Waals surface area contributed by atoms with Crippen molar-refractivity contribution < 1.29 is 23.8 Å². The third kappa shape index (κ3) is 4.24. The van der Waals surface area contributed by atoms with Crippen LogP contribution in [0.5, 0.6) is 6.01 Å². The van der Waals surface area contributed by atoms with E-state index in [1.807, 2.05) is 6.92 Å². The number of nitrogen functional groups attached to an aromatic ring is 1. The molecule has 2 unspecified atom stereocenters. The van der Waals surface area contributed by atoms with Crippen LogP contribution in [-0.4, -0.2) is 40.1 Å². The third-order valence-corrected chi connectivity index (χ3v) is 7.11. The highest BCUT2D eigenvalue weighted by molar-refractivity contribution is 6.11. The molecule has 1 saturated carbocycles. The molecule has 0 spiro atoms. The van der Waals surface area contributed by atoms with Crippen molar-refractivity contribution in [2.75, 3.05) is 17.7 Å². The molecule has 0 radical (unpaired) electrons. The number of aromatic nitrogens is 2. The molecule has 33 heavy (non-hydrogen) atoms. The number of nitrogens with two attached hydrogens (primary N) is 1. The monoisotopic (exact) mass is 456 g/mol. The van der Waals surface area contributed by atoms with E-state index in [-0.39, 0.29) is 52.9 Å². The van der Waals surface area contributed by atoms with Crippen molar-refractivity contribution in [3.63, 3.8) is 0 Å². The maximum atomic E-state index is 15.2. The van der Waals surface area contributed by atoms with Crippen LogP contribution in [0.3, 0.4) is 0 Å². The van der Waals surface area contributed by atoms with E-state index in [0.29, 0.717) is 23.4 Å². The number of benzene rings is 1. The zero-order valence-corrected chi connectivity index (χ0v) is 19.0. The van der Waals surface area contributed by atoms with Crippen molar-refractivity contribution in [3.8, 4) is 6.01 Å². The topological polar surface area (TPSA) is 119 Å². The van der Waals surface area contributed by atoms with Crippen LogP contribution < -0.4 is 15.4 Å². The van der Waals surface area contributed by atoms with Crippen molar-refractivity contribution in [2.45, 2.75) is 57.9 Å². The van der Waals surface area contributed by atoms with Crippen molar-refractivity contribution in [1.29, 1.82) is 0 Å². The molecule has 2 atom stereocenters. The smallest absolute Gasteiger partial charge is 0.318 e. The Balaban J connectivity index is 1.55. The van der Waals surface area contributed by atoms with Gasteiger partial charge in [-0.25, -0.2) is 4.39 Å². The number of aliphatic carboxylic acids is 1. The second-order valence-electron chi connectivity index (χ2n) is 9.09. The molecule has 2 aliphatic rings. The standard InChI is InChI=1S/C24H29FN4O4/c1-12-10-19-20(21(26)28-24(27-19)33-3)22(30)29(12)16-8-9-17(18(25)11-16)15-6-4-14(5-7-15)13(2)23(31)32/h8-9,11-15H,4-7,10H2,1-3H3,(H,31,32)(H2,26,27,28)/t12?,13?,14-,15-. The van der Waals surface area contributed by atoms with E-state index in [1.54, 1.807) is 19.1 Å². The fourth-order valence-electron chi connectivity index (χ4n) is 5.17. The van der Waals surface area contributed by atoms with Gasteiger partial charge >= 0.3 is 12.0 Å². The Labute approximate surface area is 192 Å². The number of carboxylic acid groups (broad SMARTS) is 1. The van der Waals surface area contributed by atoms with Gasteiger partial charge in [0.2, 0.25) is 0 Å². The van der Waals surface area contributed by atoms with E-state index in [0.717, 1.165) is 25.7 Å². The first-order valence-corrected chi connectivity index (χ1v) is 11.3. The predicted molar refractivity (Wildman–Crippen MR) is 121 cm³/mol. The number of nitrogens with zero attached hydrogens (tertiary/aromatic N) is 3. The molecule has 176 valence electrons. The number of halogens is 1. The minimum atomic E-state index is -0.777. The lowest BCUT2D eigenvalue weighted by Gasteiger charge is -2.35. The summed E-state index contributed by atoms with van der Waals surface area (Å²) in [4.78, 5) is 34.3. The third-order valence-electron chi connectivity index (χ3n) is 7.11. The Morgan fingerprint density at radius 2 is 1.97 bits per heavy atom. The van der Waals surface area contributed by atoms with Gasteiger partial charge in [-0.15, -0.1) is 0 Å². The summed E-state index contributed by atoms with van der Waals surface area (Å²) < 4.78 is 20.3. The minimum absolute atomic E-state index is 0.0445. The second kappa shape index (κ2) is 8.96. The van der Waals surface area contributed by atoms with Crippen molar-refractivity contribution in [2.24, 2.45) is 11.8 Å². The number of carboxylic acids is 1. The summed E-state index contributed by atoms with van der Waals surface area (Å²) in [6, 6.07) is 4.79. The summed E-state index contributed by atoms with van der Waals surface area (Å²) in [5.74, 6) is -1.67. The number of ether oxygens (including phenoxy) is 1. The second-order valence-corrected chi connectivity index (χ2v) is 9.09. The molecule has 1 amide bonds. The van der Waals surface area contributed by atoms with Crippen LogP contribution in [0.15, 0.2) is 18.2 Å². The highest BCUT2D eigenvalue weighted by Gasteiger charge is 2.36. The predicted octanol–water partition coefficient (Wildman–Crippen LogP) is 3.79. The maximum Gasteiger partial charge on any atom is 0.318 e. The van der Waals surface area contributed by atoms with Crippen LogP contribution >= 0.6 is 0 Å². The molecule has 2 aromatic rings.